The van der Waals surface area contributed by atoms with E-state index in [9.17, 15) is 9.59 Å². The van der Waals surface area contributed by atoms with E-state index in [0.717, 1.165) is 5.69 Å². The number of hydrogen-bond acceptors (Lipinski definition) is 6. The van der Waals surface area contributed by atoms with Crippen LogP contribution in [0.1, 0.15) is 21.7 Å². The Kier molecular flexibility index (Phi) is 4.95. The number of anilines is 1. The van der Waals surface area contributed by atoms with Gasteiger partial charge >= 0.3 is 5.97 Å². The Morgan fingerprint density at radius 3 is 2.57 bits per heavy atom. The molecule has 2 heterocycles. The second-order valence-electron chi connectivity index (χ2n) is 4.88. The number of pyridine rings is 1. The Morgan fingerprint density at radius 1 is 1.30 bits per heavy atom. The van der Waals surface area contributed by atoms with Crippen molar-refractivity contribution in [1.29, 1.82) is 0 Å². The minimum atomic E-state index is -0.630. The third-order valence-electron chi connectivity index (χ3n) is 3.29. The van der Waals surface area contributed by atoms with Crippen molar-refractivity contribution in [3.8, 4) is 5.88 Å². The number of nitrogens with one attached hydrogen (secondary N) is 1. The molecule has 0 aromatic carbocycles. The van der Waals surface area contributed by atoms with Gasteiger partial charge < -0.3 is 14.8 Å². The van der Waals surface area contributed by atoms with Gasteiger partial charge in [0, 0.05) is 19.3 Å². The second kappa shape index (κ2) is 6.91. The topological polar surface area (TPSA) is 95.3 Å². The fourth-order valence-corrected chi connectivity index (χ4v) is 1.97. The van der Waals surface area contributed by atoms with E-state index in [1.165, 1.54) is 19.4 Å². The quantitative estimate of drug-likeness (QED) is 0.833. The number of amides is 1. The first kappa shape index (κ1) is 16.5. The van der Waals surface area contributed by atoms with Crippen LogP contribution in [0.15, 0.2) is 18.3 Å². The highest BCUT2D eigenvalue weighted by Gasteiger charge is 2.15. The number of rotatable bonds is 5. The Morgan fingerprint density at radius 2 is 2.04 bits per heavy atom. The van der Waals surface area contributed by atoms with Crippen molar-refractivity contribution in [3.05, 3.63) is 35.3 Å². The molecule has 0 saturated carbocycles. The van der Waals surface area contributed by atoms with Crippen LogP contribution in [0.25, 0.3) is 0 Å². The zero-order valence-corrected chi connectivity index (χ0v) is 13.4. The van der Waals surface area contributed by atoms with Crippen LogP contribution in [-0.2, 0) is 16.6 Å². The van der Waals surface area contributed by atoms with Crippen LogP contribution in [-0.4, -0.2) is 40.4 Å². The van der Waals surface area contributed by atoms with Crippen LogP contribution in [0.5, 0.6) is 5.88 Å². The molecule has 0 unspecified atom stereocenters. The van der Waals surface area contributed by atoms with E-state index < -0.39 is 18.5 Å². The summed E-state index contributed by atoms with van der Waals surface area (Å²) in [6.45, 7) is 3.24. The van der Waals surface area contributed by atoms with Gasteiger partial charge in [-0.2, -0.15) is 5.10 Å². The summed E-state index contributed by atoms with van der Waals surface area (Å²) in [7, 11) is 3.27. The van der Waals surface area contributed by atoms with Crippen LogP contribution in [0.3, 0.4) is 0 Å². The zero-order chi connectivity index (χ0) is 17.0. The number of aryl methyl sites for hydroxylation is 2. The number of esters is 1. The van der Waals surface area contributed by atoms with E-state index >= 15 is 0 Å². The van der Waals surface area contributed by atoms with Crippen LogP contribution >= 0.6 is 0 Å². The number of hydrogen-bond donors (Lipinski definition) is 1. The van der Waals surface area contributed by atoms with E-state index in [4.69, 9.17) is 9.47 Å². The molecule has 8 heteroatoms. The molecule has 8 nitrogen and oxygen atoms in total. The summed E-state index contributed by atoms with van der Waals surface area (Å²) in [6.07, 6.45) is 1.33. The SMILES string of the molecule is COc1ccc(C(=O)OCC(=O)Nc2c(C)nn(C)c2C)cn1. The molecule has 1 N–H and O–H groups in total. The normalized spacial score (nSPS) is 10.3. The van der Waals surface area contributed by atoms with Gasteiger partial charge in [0.1, 0.15) is 0 Å². The zero-order valence-electron chi connectivity index (χ0n) is 13.4. The van der Waals surface area contributed by atoms with Crippen molar-refractivity contribution in [2.24, 2.45) is 7.05 Å². The van der Waals surface area contributed by atoms with Crippen molar-refractivity contribution in [3.63, 3.8) is 0 Å². The molecule has 0 bridgehead atoms. The summed E-state index contributed by atoms with van der Waals surface area (Å²) >= 11 is 0. The molecule has 122 valence electrons. The lowest BCUT2D eigenvalue weighted by molar-refractivity contribution is -0.119. The summed E-state index contributed by atoms with van der Waals surface area (Å²) in [5.74, 6) is -0.671. The molecule has 0 aliphatic heterocycles. The molecule has 2 rings (SSSR count). The molecule has 0 radical (unpaired) electrons. The first-order valence-electron chi connectivity index (χ1n) is 6.89. The van der Waals surface area contributed by atoms with Gasteiger partial charge in [0.25, 0.3) is 5.91 Å². The lowest BCUT2D eigenvalue weighted by Crippen LogP contribution is -2.21. The Balaban J connectivity index is 1.92. The fourth-order valence-electron chi connectivity index (χ4n) is 1.97. The maximum Gasteiger partial charge on any atom is 0.340 e. The van der Waals surface area contributed by atoms with Crippen LogP contribution < -0.4 is 10.1 Å². The van der Waals surface area contributed by atoms with Crippen molar-refractivity contribution in [1.82, 2.24) is 14.8 Å². The fraction of sp³-hybridized carbons (Fsp3) is 0.333. The van der Waals surface area contributed by atoms with Gasteiger partial charge in [-0.25, -0.2) is 9.78 Å². The van der Waals surface area contributed by atoms with Gasteiger partial charge in [0.15, 0.2) is 6.61 Å². The average Bonchev–Trinajstić information content (AvgIpc) is 2.79. The third kappa shape index (κ3) is 3.85. The van der Waals surface area contributed by atoms with Crippen LogP contribution in [0, 0.1) is 13.8 Å². The smallest absolute Gasteiger partial charge is 0.340 e. The third-order valence-corrected chi connectivity index (χ3v) is 3.29. The second-order valence-corrected chi connectivity index (χ2v) is 4.88. The summed E-state index contributed by atoms with van der Waals surface area (Å²) < 4.78 is 11.5. The monoisotopic (exact) mass is 318 g/mol. The number of ether oxygens (including phenoxy) is 2. The highest BCUT2D eigenvalue weighted by Crippen LogP contribution is 2.18. The van der Waals surface area contributed by atoms with Crippen LogP contribution in [0.2, 0.25) is 0 Å². The lowest BCUT2D eigenvalue weighted by atomic mass is 10.3. The molecular weight excluding hydrogens is 300 g/mol. The number of aromatic nitrogens is 3. The number of nitrogens with zero attached hydrogens (tertiary/aromatic N) is 3. The minimum absolute atomic E-state index is 0.243. The van der Waals surface area contributed by atoms with Crippen molar-refractivity contribution in [2.45, 2.75) is 13.8 Å². The molecule has 0 aliphatic carbocycles. The van der Waals surface area contributed by atoms with Gasteiger partial charge in [-0.1, -0.05) is 0 Å². The van der Waals surface area contributed by atoms with Gasteiger partial charge in [0.05, 0.1) is 29.7 Å². The highest BCUT2D eigenvalue weighted by molar-refractivity contribution is 5.96. The first-order chi connectivity index (χ1) is 10.9. The lowest BCUT2D eigenvalue weighted by Gasteiger charge is -2.07. The molecule has 0 atom stereocenters. The number of carbonyl (C=O) groups is 2. The standard InChI is InChI=1S/C15H18N4O4/c1-9-14(10(2)19(3)18-9)17-12(20)8-23-15(21)11-5-6-13(22-4)16-7-11/h5-7H,8H2,1-4H3,(H,17,20). The summed E-state index contributed by atoms with van der Waals surface area (Å²) in [5, 5.41) is 6.89. The summed E-state index contributed by atoms with van der Waals surface area (Å²) in [4.78, 5) is 27.6. The van der Waals surface area contributed by atoms with Crippen molar-refractivity contribution >= 4 is 17.6 Å². The number of carbonyl (C=O) groups excluding carboxylic acids is 2. The molecule has 0 fully saturated rings. The largest absolute Gasteiger partial charge is 0.481 e. The Labute approximate surface area is 133 Å². The van der Waals surface area contributed by atoms with Gasteiger partial charge in [-0.3, -0.25) is 9.48 Å². The predicted molar refractivity (Wildman–Crippen MR) is 82.4 cm³/mol. The van der Waals surface area contributed by atoms with Gasteiger partial charge in [0.2, 0.25) is 5.88 Å². The van der Waals surface area contributed by atoms with Crippen molar-refractivity contribution < 1.29 is 19.1 Å². The van der Waals surface area contributed by atoms with E-state index in [0.29, 0.717) is 17.3 Å². The van der Waals surface area contributed by atoms with E-state index in [2.05, 4.69) is 15.4 Å². The highest BCUT2D eigenvalue weighted by atomic mass is 16.5. The van der Waals surface area contributed by atoms with E-state index in [1.807, 2.05) is 6.92 Å². The molecule has 2 aromatic rings. The molecule has 2 aromatic heterocycles. The molecule has 23 heavy (non-hydrogen) atoms. The number of methoxy groups -OCH3 is 1. The summed E-state index contributed by atoms with van der Waals surface area (Å²) in [5.41, 5.74) is 2.39. The molecule has 0 aliphatic rings. The maximum atomic E-state index is 11.9. The van der Waals surface area contributed by atoms with E-state index in [-0.39, 0.29) is 5.56 Å². The molecule has 0 saturated heterocycles. The molecule has 0 spiro atoms. The Hall–Kier alpha value is -2.90. The molecule has 1 amide bonds. The van der Waals surface area contributed by atoms with Gasteiger partial charge in [-0.05, 0) is 19.9 Å². The van der Waals surface area contributed by atoms with E-state index in [1.54, 1.807) is 24.7 Å². The van der Waals surface area contributed by atoms with Crippen LogP contribution in [0.4, 0.5) is 5.69 Å². The average molecular weight is 318 g/mol. The van der Waals surface area contributed by atoms with Crippen molar-refractivity contribution in [2.75, 3.05) is 19.0 Å². The van der Waals surface area contributed by atoms with Gasteiger partial charge in [-0.15, -0.1) is 0 Å². The maximum absolute atomic E-state index is 11.9. The predicted octanol–water partition coefficient (Wildman–Crippen LogP) is 1.24. The molecular formula is C15H18N4O4. The first-order valence-corrected chi connectivity index (χ1v) is 6.89. The summed E-state index contributed by atoms with van der Waals surface area (Å²) in [6, 6.07) is 3.06. The Bertz CT molecular complexity index is 722. The minimum Gasteiger partial charge on any atom is -0.481 e.